The molecule has 0 unspecified atom stereocenters. The van der Waals surface area contributed by atoms with Crippen molar-refractivity contribution in [1.29, 1.82) is 0 Å². The lowest BCUT2D eigenvalue weighted by molar-refractivity contribution is 0.170. The Hall–Kier alpha value is -1.57. The summed E-state index contributed by atoms with van der Waals surface area (Å²) in [7, 11) is 1.67. The van der Waals surface area contributed by atoms with Crippen molar-refractivity contribution in [3.05, 3.63) is 45.6 Å². The average Bonchev–Trinajstić information content (AvgIpc) is 3.03. The van der Waals surface area contributed by atoms with Crippen LogP contribution in [0.5, 0.6) is 5.75 Å². The van der Waals surface area contributed by atoms with Crippen molar-refractivity contribution >= 4 is 63.2 Å². The zero-order valence-corrected chi connectivity index (χ0v) is 16.7. The number of thiophene rings is 1. The number of benzene rings is 1. The summed E-state index contributed by atoms with van der Waals surface area (Å²) in [5.74, 6) is 0.804. The molecule has 0 aliphatic carbocycles. The van der Waals surface area contributed by atoms with Gasteiger partial charge in [-0.25, -0.2) is 0 Å². The number of methoxy groups -OCH3 is 1. The molecule has 1 aromatic carbocycles. The van der Waals surface area contributed by atoms with Crippen molar-refractivity contribution in [1.82, 2.24) is 9.88 Å². The Balaban J connectivity index is 0.00000121. The number of H-pyrrole nitrogens is 1. The van der Waals surface area contributed by atoms with E-state index in [4.69, 9.17) is 10.5 Å². The number of fused-ring (bicyclic) bond motifs is 3. The van der Waals surface area contributed by atoms with Gasteiger partial charge in [-0.3, -0.25) is 9.69 Å². The van der Waals surface area contributed by atoms with Crippen LogP contribution in [0.3, 0.4) is 0 Å². The first kappa shape index (κ1) is 20.7. The van der Waals surface area contributed by atoms with Gasteiger partial charge in [0.15, 0.2) is 0 Å². The Bertz CT molecular complexity index is 993. The van der Waals surface area contributed by atoms with E-state index in [0.29, 0.717) is 6.04 Å². The van der Waals surface area contributed by atoms with E-state index in [-0.39, 0.29) is 30.4 Å². The molecular formula is C18H21Cl2N3O2S. The molecular weight excluding hydrogens is 393 g/mol. The Morgan fingerprint density at radius 3 is 2.81 bits per heavy atom. The maximum Gasteiger partial charge on any atom is 0.266 e. The van der Waals surface area contributed by atoms with Gasteiger partial charge in [0.25, 0.3) is 5.56 Å². The van der Waals surface area contributed by atoms with E-state index in [1.807, 2.05) is 23.6 Å². The predicted molar refractivity (Wildman–Crippen MR) is 114 cm³/mol. The summed E-state index contributed by atoms with van der Waals surface area (Å²) < 4.78 is 6.30. The SMILES string of the molecule is COc1ccc2[nH]c(=O)c3sccc3c2c1/C=C/CN1CC(N)C1.Cl.Cl. The molecule has 8 heteroatoms. The van der Waals surface area contributed by atoms with Gasteiger partial charge >= 0.3 is 0 Å². The Labute approximate surface area is 167 Å². The van der Waals surface area contributed by atoms with Crippen LogP contribution in [0, 0.1) is 0 Å². The molecule has 0 bridgehead atoms. The summed E-state index contributed by atoms with van der Waals surface area (Å²) >= 11 is 1.46. The second-order valence-electron chi connectivity index (χ2n) is 6.10. The number of ether oxygens (including phenoxy) is 1. The lowest BCUT2D eigenvalue weighted by Gasteiger charge is -2.35. The maximum absolute atomic E-state index is 12.2. The first-order valence-electron chi connectivity index (χ1n) is 7.92. The van der Waals surface area contributed by atoms with Crippen LogP contribution in [0.15, 0.2) is 34.4 Å². The molecule has 5 nitrogen and oxygen atoms in total. The predicted octanol–water partition coefficient (Wildman–Crippen LogP) is 3.25. The van der Waals surface area contributed by atoms with Crippen LogP contribution in [0.25, 0.3) is 27.1 Å². The molecule has 0 radical (unpaired) electrons. The van der Waals surface area contributed by atoms with Gasteiger partial charge in [-0.05, 0) is 23.6 Å². The lowest BCUT2D eigenvalue weighted by Crippen LogP contribution is -2.55. The molecule has 1 fully saturated rings. The van der Waals surface area contributed by atoms with E-state index in [1.54, 1.807) is 7.11 Å². The zero-order chi connectivity index (χ0) is 16.7. The quantitative estimate of drug-likeness (QED) is 0.688. The van der Waals surface area contributed by atoms with E-state index >= 15 is 0 Å². The second-order valence-corrected chi connectivity index (χ2v) is 7.02. The van der Waals surface area contributed by atoms with Crippen molar-refractivity contribution in [3.63, 3.8) is 0 Å². The fourth-order valence-corrected chi connectivity index (χ4v) is 4.07. The molecule has 0 atom stereocenters. The molecule has 0 amide bonds. The number of aromatic nitrogens is 1. The number of halogens is 2. The third kappa shape index (κ3) is 3.61. The summed E-state index contributed by atoms with van der Waals surface area (Å²) in [4.78, 5) is 17.5. The van der Waals surface area contributed by atoms with Crippen LogP contribution in [-0.2, 0) is 0 Å². The third-order valence-electron chi connectivity index (χ3n) is 4.45. The summed E-state index contributed by atoms with van der Waals surface area (Å²) in [6.07, 6.45) is 4.22. The van der Waals surface area contributed by atoms with Crippen LogP contribution in [0.2, 0.25) is 0 Å². The number of pyridine rings is 1. The molecule has 1 aliphatic heterocycles. The highest BCUT2D eigenvalue weighted by atomic mass is 35.5. The molecule has 140 valence electrons. The Morgan fingerprint density at radius 1 is 1.35 bits per heavy atom. The fourth-order valence-electron chi connectivity index (χ4n) is 3.28. The van der Waals surface area contributed by atoms with Gasteiger partial charge in [-0.1, -0.05) is 12.2 Å². The third-order valence-corrected chi connectivity index (χ3v) is 5.36. The molecule has 0 spiro atoms. The van der Waals surface area contributed by atoms with Crippen molar-refractivity contribution in [3.8, 4) is 5.75 Å². The standard InChI is InChI=1S/C18H19N3O2S.2ClH/c1-23-15-5-4-14-16(13-6-8-24-17(13)18(22)20-14)12(15)3-2-7-21-9-11(19)10-21;;/h2-6,8,11H,7,9-10,19H2,1H3,(H,20,22);2*1H/b3-2+;;. The number of rotatable bonds is 4. The molecule has 1 saturated heterocycles. The first-order chi connectivity index (χ1) is 11.7. The highest BCUT2D eigenvalue weighted by Crippen LogP contribution is 2.34. The van der Waals surface area contributed by atoms with Gasteiger partial charge in [0.05, 0.1) is 7.11 Å². The van der Waals surface area contributed by atoms with E-state index in [9.17, 15) is 4.79 Å². The van der Waals surface area contributed by atoms with Crippen molar-refractivity contribution in [2.24, 2.45) is 5.73 Å². The van der Waals surface area contributed by atoms with Crippen LogP contribution in [-0.4, -0.2) is 42.7 Å². The van der Waals surface area contributed by atoms with E-state index in [0.717, 1.165) is 51.9 Å². The number of aromatic amines is 1. The number of hydrogen-bond donors (Lipinski definition) is 2. The lowest BCUT2D eigenvalue weighted by atomic mass is 10.0. The van der Waals surface area contributed by atoms with Crippen LogP contribution < -0.4 is 16.0 Å². The molecule has 0 saturated carbocycles. The summed E-state index contributed by atoms with van der Waals surface area (Å²) in [6.45, 7) is 2.75. The minimum atomic E-state index is -0.0397. The van der Waals surface area contributed by atoms with Crippen molar-refractivity contribution in [2.45, 2.75) is 6.04 Å². The number of nitrogens with one attached hydrogen (secondary N) is 1. The van der Waals surface area contributed by atoms with Crippen molar-refractivity contribution < 1.29 is 4.74 Å². The highest BCUT2D eigenvalue weighted by molar-refractivity contribution is 7.17. The van der Waals surface area contributed by atoms with Gasteiger partial charge in [0.1, 0.15) is 10.4 Å². The molecule has 26 heavy (non-hydrogen) atoms. The number of nitrogens with zero attached hydrogens (tertiary/aromatic N) is 1. The highest BCUT2D eigenvalue weighted by Gasteiger charge is 2.21. The average molecular weight is 414 g/mol. The molecule has 2 aromatic heterocycles. The van der Waals surface area contributed by atoms with Crippen LogP contribution in [0.1, 0.15) is 5.56 Å². The van der Waals surface area contributed by atoms with Crippen LogP contribution >= 0.6 is 36.2 Å². The summed E-state index contributed by atoms with van der Waals surface area (Å²) in [5, 5.41) is 3.96. The number of hydrogen-bond acceptors (Lipinski definition) is 5. The molecule has 3 heterocycles. The topological polar surface area (TPSA) is 71.4 Å². The smallest absolute Gasteiger partial charge is 0.266 e. The second kappa shape index (κ2) is 8.41. The number of nitrogens with two attached hydrogens (primary N) is 1. The Morgan fingerprint density at radius 2 is 2.12 bits per heavy atom. The monoisotopic (exact) mass is 413 g/mol. The Kier molecular flexibility index (Phi) is 6.71. The van der Waals surface area contributed by atoms with E-state index in [2.05, 4.69) is 22.0 Å². The minimum Gasteiger partial charge on any atom is -0.496 e. The zero-order valence-electron chi connectivity index (χ0n) is 14.2. The van der Waals surface area contributed by atoms with Gasteiger partial charge in [0, 0.05) is 47.5 Å². The molecule has 3 aromatic rings. The summed E-state index contributed by atoms with van der Waals surface area (Å²) in [5.41, 5.74) is 7.61. The van der Waals surface area contributed by atoms with Gasteiger partial charge < -0.3 is 15.5 Å². The van der Waals surface area contributed by atoms with Crippen molar-refractivity contribution in [2.75, 3.05) is 26.7 Å². The van der Waals surface area contributed by atoms with E-state index in [1.165, 1.54) is 11.3 Å². The summed E-state index contributed by atoms with van der Waals surface area (Å²) in [6, 6.07) is 6.11. The van der Waals surface area contributed by atoms with Gasteiger partial charge in [-0.15, -0.1) is 36.2 Å². The largest absolute Gasteiger partial charge is 0.496 e. The van der Waals surface area contributed by atoms with E-state index < -0.39 is 0 Å². The fraction of sp³-hybridized carbons (Fsp3) is 0.278. The minimum absolute atomic E-state index is 0. The number of likely N-dealkylation sites (tertiary alicyclic amines) is 1. The van der Waals surface area contributed by atoms with Gasteiger partial charge in [-0.2, -0.15) is 0 Å². The first-order valence-corrected chi connectivity index (χ1v) is 8.80. The molecule has 3 N–H and O–H groups in total. The maximum atomic E-state index is 12.2. The molecule has 1 aliphatic rings. The molecule has 4 rings (SSSR count). The normalized spacial score (nSPS) is 15.0. The van der Waals surface area contributed by atoms with Crippen LogP contribution in [0.4, 0.5) is 0 Å². The van der Waals surface area contributed by atoms with Gasteiger partial charge in [0.2, 0.25) is 0 Å².